The van der Waals surface area contributed by atoms with Crippen LogP contribution in [0.3, 0.4) is 0 Å². The molecular weight excluding hydrogens is 322 g/mol. The normalized spacial score (nSPS) is 26.8. The Hall–Kier alpha value is -2.25. The fraction of sp³-hybridized carbons (Fsp3) is 0.500. The van der Waals surface area contributed by atoms with Gasteiger partial charge in [-0.3, -0.25) is 9.59 Å². The maximum Gasteiger partial charge on any atom is 0.337 e. The average molecular weight is 347 g/mol. The zero-order valence-electron chi connectivity index (χ0n) is 14.7. The Morgan fingerprint density at radius 1 is 1.16 bits per heavy atom. The first-order valence-corrected chi connectivity index (χ1v) is 8.78. The molecule has 3 rings (SSSR count). The number of piperazine rings is 1. The second-order valence-electron chi connectivity index (χ2n) is 6.62. The molecule has 0 aliphatic carbocycles. The third-order valence-electron chi connectivity index (χ3n) is 5.29. The average Bonchev–Trinajstić information content (AvgIpc) is 2.95. The monoisotopic (exact) mass is 347 g/mol. The number of imide groups is 1. The number of rotatable bonds is 4. The number of ether oxygens (including phenoxy) is 1. The number of benzene rings is 1. The van der Waals surface area contributed by atoms with Crippen LogP contribution in [0.4, 0.5) is 5.69 Å². The molecule has 134 valence electrons. The first-order valence-electron chi connectivity index (χ1n) is 8.78. The number of nitrogens with zero attached hydrogens (tertiary/aromatic N) is 1. The SMILES string of the molecule is CC[NH+]1CC[NH+](C2CC(=O)N(c3ccc(C(=O)OC)cc3)C2=O)CC1. The zero-order chi connectivity index (χ0) is 18.0. The molecule has 7 nitrogen and oxygen atoms in total. The van der Waals surface area contributed by atoms with Gasteiger partial charge in [-0.05, 0) is 31.2 Å². The maximum absolute atomic E-state index is 12.8. The van der Waals surface area contributed by atoms with Gasteiger partial charge in [-0.1, -0.05) is 0 Å². The first kappa shape index (κ1) is 17.6. The van der Waals surface area contributed by atoms with Crippen molar-refractivity contribution in [2.24, 2.45) is 0 Å². The summed E-state index contributed by atoms with van der Waals surface area (Å²) in [5.41, 5.74) is 0.911. The molecule has 1 aromatic carbocycles. The molecular formula is C18H25N3O4+2. The predicted octanol–water partition coefficient (Wildman–Crippen LogP) is -2.09. The lowest BCUT2D eigenvalue weighted by molar-refractivity contribution is -1.02. The van der Waals surface area contributed by atoms with Crippen LogP contribution < -0.4 is 14.7 Å². The molecule has 0 aromatic heterocycles. The minimum atomic E-state index is -0.441. The number of hydrogen-bond acceptors (Lipinski definition) is 4. The summed E-state index contributed by atoms with van der Waals surface area (Å²) in [5.74, 6) is -0.742. The van der Waals surface area contributed by atoms with Gasteiger partial charge in [0.1, 0.15) is 26.2 Å². The molecule has 0 radical (unpaired) electrons. The molecule has 2 amide bonds. The molecule has 0 spiro atoms. The summed E-state index contributed by atoms with van der Waals surface area (Å²) in [5, 5.41) is 0. The van der Waals surface area contributed by atoms with Crippen LogP contribution in [0.25, 0.3) is 0 Å². The molecule has 2 aliphatic rings. The quantitative estimate of drug-likeness (QED) is 0.484. The molecule has 2 fully saturated rings. The first-order chi connectivity index (χ1) is 12.0. The largest absolute Gasteiger partial charge is 0.465 e. The Bertz CT molecular complexity index is 665. The van der Waals surface area contributed by atoms with Gasteiger partial charge < -0.3 is 14.5 Å². The number of amides is 2. The molecule has 2 N–H and O–H groups in total. The molecule has 2 heterocycles. The van der Waals surface area contributed by atoms with E-state index >= 15 is 0 Å². The fourth-order valence-electron chi connectivity index (χ4n) is 3.71. The van der Waals surface area contributed by atoms with Crippen molar-refractivity contribution in [3.8, 4) is 0 Å². The van der Waals surface area contributed by atoms with E-state index in [2.05, 4.69) is 11.7 Å². The van der Waals surface area contributed by atoms with Crippen molar-refractivity contribution in [3.63, 3.8) is 0 Å². The third kappa shape index (κ3) is 3.43. The number of hydrogen-bond donors (Lipinski definition) is 2. The van der Waals surface area contributed by atoms with Crippen LogP contribution in [-0.4, -0.2) is 63.7 Å². The van der Waals surface area contributed by atoms with Gasteiger partial charge in [-0.25, -0.2) is 9.69 Å². The lowest BCUT2D eigenvalue weighted by Crippen LogP contribution is -3.29. The van der Waals surface area contributed by atoms with Crippen LogP contribution in [-0.2, 0) is 14.3 Å². The van der Waals surface area contributed by atoms with E-state index in [9.17, 15) is 14.4 Å². The van der Waals surface area contributed by atoms with E-state index in [1.54, 1.807) is 29.2 Å². The van der Waals surface area contributed by atoms with Crippen molar-refractivity contribution in [2.45, 2.75) is 19.4 Å². The van der Waals surface area contributed by atoms with Crippen molar-refractivity contribution >= 4 is 23.5 Å². The number of quaternary nitrogens is 2. The van der Waals surface area contributed by atoms with Gasteiger partial charge in [0.2, 0.25) is 5.91 Å². The number of anilines is 1. The Kier molecular flexibility index (Phi) is 5.15. The Morgan fingerprint density at radius 2 is 1.80 bits per heavy atom. The lowest BCUT2D eigenvalue weighted by atomic mass is 10.1. The number of nitrogens with one attached hydrogen (secondary N) is 2. The number of methoxy groups -OCH3 is 1. The van der Waals surface area contributed by atoms with Crippen LogP contribution >= 0.6 is 0 Å². The van der Waals surface area contributed by atoms with Gasteiger partial charge >= 0.3 is 5.97 Å². The van der Waals surface area contributed by atoms with Crippen molar-refractivity contribution in [1.82, 2.24) is 0 Å². The summed E-state index contributed by atoms with van der Waals surface area (Å²) in [6, 6.07) is 6.11. The van der Waals surface area contributed by atoms with Crippen molar-refractivity contribution in [1.29, 1.82) is 0 Å². The number of carbonyl (C=O) groups excluding carboxylic acids is 3. The van der Waals surface area contributed by atoms with Crippen LogP contribution in [0, 0.1) is 0 Å². The van der Waals surface area contributed by atoms with Crippen LogP contribution in [0.1, 0.15) is 23.7 Å². The molecule has 1 aromatic rings. The summed E-state index contributed by atoms with van der Waals surface area (Å²) in [6.45, 7) is 7.19. The van der Waals surface area contributed by atoms with E-state index in [1.807, 2.05) is 0 Å². The Labute approximate surface area is 147 Å². The van der Waals surface area contributed by atoms with Crippen LogP contribution in [0.5, 0.6) is 0 Å². The van der Waals surface area contributed by atoms with Crippen LogP contribution in [0.2, 0.25) is 0 Å². The second kappa shape index (κ2) is 7.33. The highest BCUT2D eigenvalue weighted by atomic mass is 16.5. The molecule has 1 unspecified atom stereocenters. The van der Waals surface area contributed by atoms with E-state index in [-0.39, 0.29) is 24.3 Å². The van der Waals surface area contributed by atoms with Gasteiger partial charge in [-0.15, -0.1) is 0 Å². The second-order valence-corrected chi connectivity index (χ2v) is 6.62. The predicted molar refractivity (Wildman–Crippen MR) is 90.6 cm³/mol. The van der Waals surface area contributed by atoms with E-state index in [0.29, 0.717) is 11.3 Å². The Balaban J connectivity index is 1.72. The maximum atomic E-state index is 12.8. The van der Waals surface area contributed by atoms with E-state index in [4.69, 9.17) is 0 Å². The minimum Gasteiger partial charge on any atom is -0.465 e. The van der Waals surface area contributed by atoms with Gasteiger partial charge in [-0.2, -0.15) is 0 Å². The van der Waals surface area contributed by atoms with E-state index < -0.39 is 5.97 Å². The summed E-state index contributed by atoms with van der Waals surface area (Å²) in [6.07, 6.45) is 0.258. The molecule has 0 bridgehead atoms. The topological polar surface area (TPSA) is 72.6 Å². The van der Waals surface area contributed by atoms with Gasteiger partial charge in [0.05, 0.1) is 31.3 Å². The summed E-state index contributed by atoms with van der Waals surface area (Å²) in [4.78, 5) is 40.8. The zero-order valence-corrected chi connectivity index (χ0v) is 14.7. The van der Waals surface area contributed by atoms with Crippen molar-refractivity contribution in [2.75, 3.05) is 44.7 Å². The molecule has 2 saturated heterocycles. The van der Waals surface area contributed by atoms with Gasteiger partial charge in [0.15, 0.2) is 6.04 Å². The molecule has 0 saturated carbocycles. The molecule has 25 heavy (non-hydrogen) atoms. The van der Waals surface area contributed by atoms with Crippen molar-refractivity contribution in [3.05, 3.63) is 29.8 Å². The highest BCUT2D eigenvalue weighted by molar-refractivity contribution is 6.21. The summed E-state index contributed by atoms with van der Waals surface area (Å²) in [7, 11) is 1.32. The van der Waals surface area contributed by atoms with Gasteiger partial charge in [0.25, 0.3) is 5.91 Å². The summed E-state index contributed by atoms with van der Waals surface area (Å²) < 4.78 is 4.67. The van der Waals surface area contributed by atoms with Gasteiger partial charge in [0, 0.05) is 0 Å². The molecule has 7 heteroatoms. The summed E-state index contributed by atoms with van der Waals surface area (Å²) >= 11 is 0. The smallest absolute Gasteiger partial charge is 0.337 e. The van der Waals surface area contributed by atoms with Crippen molar-refractivity contribution < 1.29 is 28.9 Å². The standard InChI is InChI=1S/C18H23N3O4/c1-3-19-8-10-20(11-9-19)15-12-16(22)21(17(15)23)14-6-4-13(5-7-14)18(24)25-2/h4-7,15H,3,8-12H2,1-2H3/p+2. The highest BCUT2D eigenvalue weighted by Crippen LogP contribution is 2.22. The molecule has 1 atom stereocenters. The Morgan fingerprint density at radius 3 is 2.36 bits per heavy atom. The number of likely N-dealkylation sites (N-methyl/N-ethyl adjacent to an activating group) is 1. The number of carbonyl (C=O) groups is 3. The highest BCUT2D eigenvalue weighted by Gasteiger charge is 2.46. The minimum absolute atomic E-state index is 0.134. The number of esters is 1. The third-order valence-corrected chi connectivity index (χ3v) is 5.29. The van der Waals surface area contributed by atoms with E-state index in [0.717, 1.165) is 32.7 Å². The van der Waals surface area contributed by atoms with Crippen LogP contribution in [0.15, 0.2) is 24.3 Å². The van der Waals surface area contributed by atoms with E-state index in [1.165, 1.54) is 16.9 Å². The lowest BCUT2D eigenvalue weighted by Gasteiger charge is -2.31. The molecule has 2 aliphatic heterocycles. The fourth-order valence-corrected chi connectivity index (χ4v) is 3.71.